The molecule has 0 amide bonds. The Labute approximate surface area is 78.1 Å². The van der Waals surface area contributed by atoms with Crippen molar-refractivity contribution in [3.05, 3.63) is 0 Å². The zero-order valence-corrected chi connectivity index (χ0v) is 8.20. The maximum Gasteiger partial charge on any atom is 0.0510 e. The zero-order valence-electron chi connectivity index (χ0n) is 7.38. The van der Waals surface area contributed by atoms with E-state index in [4.69, 9.17) is 0 Å². The minimum Gasteiger partial charge on any atom is -0.396 e. The van der Waals surface area contributed by atoms with Gasteiger partial charge in [-0.2, -0.15) is 11.8 Å². The summed E-state index contributed by atoms with van der Waals surface area (Å²) in [5.74, 6) is 2.42. The smallest absolute Gasteiger partial charge is 0.0510 e. The van der Waals surface area contributed by atoms with Crippen LogP contribution in [0.1, 0.15) is 19.3 Å². The van der Waals surface area contributed by atoms with Gasteiger partial charge in [-0.15, -0.1) is 0 Å². The van der Waals surface area contributed by atoms with E-state index in [9.17, 15) is 5.11 Å². The van der Waals surface area contributed by atoms with Crippen LogP contribution in [-0.2, 0) is 0 Å². The van der Waals surface area contributed by atoms with Crippen molar-refractivity contribution in [2.75, 3.05) is 24.7 Å². The van der Waals surface area contributed by atoms with Crippen molar-refractivity contribution in [1.29, 1.82) is 0 Å². The molecule has 2 heterocycles. The Morgan fingerprint density at radius 1 is 1.58 bits per heavy atom. The Hall–Kier alpha value is 0.270. The first-order valence-electron chi connectivity index (χ1n) is 4.79. The van der Waals surface area contributed by atoms with Gasteiger partial charge in [0.05, 0.1) is 6.61 Å². The van der Waals surface area contributed by atoms with Crippen molar-refractivity contribution in [3.63, 3.8) is 0 Å². The summed E-state index contributed by atoms with van der Waals surface area (Å²) < 4.78 is 0. The van der Waals surface area contributed by atoms with Crippen LogP contribution in [-0.4, -0.2) is 35.8 Å². The van der Waals surface area contributed by atoms with Crippen molar-refractivity contribution in [1.82, 2.24) is 5.32 Å². The van der Waals surface area contributed by atoms with Gasteiger partial charge in [0.1, 0.15) is 0 Å². The lowest BCUT2D eigenvalue weighted by Crippen LogP contribution is -2.55. The molecule has 0 aliphatic carbocycles. The lowest BCUT2D eigenvalue weighted by atomic mass is 9.75. The highest BCUT2D eigenvalue weighted by Crippen LogP contribution is 2.40. The van der Waals surface area contributed by atoms with Crippen LogP contribution in [0.4, 0.5) is 0 Å². The lowest BCUT2D eigenvalue weighted by molar-refractivity contribution is 0.0676. The Bertz CT molecular complexity index is 151. The van der Waals surface area contributed by atoms with E-state index in [1.807, 2.05) is 11.8 Å². The van der Waals surface area contributed by atoms with Crippen LogP contribution >= 0.6 is 11.8 Å². The van der Waals surface area contributed by atoms with Gasteiger partial charge in [0, 0.05) is 17.2 Å². The zero-order chi connectivity index (χ0) is 8.44. The molecule has 2 atom stereocenters. The largest absolute Gasteiger partial charge is 0.396 e. The first kappa shape index (κ1) is 8.85. The van der Waals surface area contributed by atoms with Gasteiger partial charge in [-0.05, 0) is 31.6 Å². The van der Waals surface area contributed by atoms with Crippen LogP contribution in [0.25, 0.3) is 0 Å². The van der Waals surface area contributed by atoms with Gasteiger partial charge >= 0.3 is 0 Å². The van der Waals surface area contributed by atoms with E-state index in [0.29, 0.717) is 12.6 Å². The molecule has 3 heteroatoms. The molecular weight excluding hydrogens is 170 g/mol. The molecule has 0 spiro atoms. The summed E-state index contributed by atoms with van der Waals surface area (Å²) in [5.41, 5.74) is 0.223. The van der Waals surface area contributed by atoms with Crippen LogP contribution in [0.3, 0.4) is 0 Å². The van der Waals surface area contributed by atoms with Crippen LogP contribution in [0.5, 0.6) is 0 Å². The molecule has 0 bridgehead atoms. The fraction of sp³-hybridized carbons (Fsp3) is 1.00. The quantitative estimate of drug-likeness (QED) is 0.638. The molecule has 2 saturated heterocycles. The Morgan fingerprint density at radius 3 is 3.25 bits per heavy atom. The Morgan fingerprint density at radius 2 is 2.50 bits per heavy atom. The summed E-state index contributed by atoms with van der Waals surface area (Å²) in [6, 6.07) is 0.595. The Kier molecular flexibility index (Phi) is 2.63. The number of rotatable bonds is 1. The van der Waals surface area contributed by atoms with E-state index in [1.165, 1.54) is 25.0 Å². The lowest BCUT2D eigenvalue weighted by Gasteiger charge is -2.46. The molecular formula is C9H17NOS. The number of aliphatic hydroxyl groups is 1. The molecule has 12 heavy (non-hydrogen) atoms. The summed E-state index contributed by atoms with van der Waals surface area (Å²) in [7, 11) is 0. The number of hydrogen-bond donors (Lipinski definition) is 2. The SMILES string of the molecule is OCC12CCCNC1CCSC2. The van der Waals surface area contributed by atoms with Gasteiger partial charge in [0.2, 0.25) is 0 Å². The number of aliphatic hydroxyl groups excluding tert-OH is 1. The fourth-order valence-electron chi connectivity index (χ4n) is 2.40. The Balaban J connectivity index is 2.10. The number of hydrogen-bond acceptors (Lipinski definition) is 3. The number of thioether (sulfide) groups is 1. The van der Waals surface area contributed by atoms with Gasteiger partial charge in [-0.25, -0.2) is 0 Å². The standard InChI is InChI=1S/C9H17NOS/c11-6-9-3-1-4-10-8(9)2-5-12-7-9/h8,10-11H,1-7H2. The monoisotopic (exact) mass is 187 g/mol. The predicted octanol–water partition coefficient (Wildman–Crippen LogP) is 0.854. The number of nitrogens with one attached hydrogen (secondary N) is 1. The van der Waals surface area contributed by atoms with E-state index in [-0.39, 0.29) is 5.41 Å². The minimum absolute atomic E-state index is 0.223. The molecule has 2 fully saturated rings. The van der Waals surface area contributed by atoms with Crippen molar-refractivity contribution >= 4 is 11.8 Å². The molecule has 0 saturated carbocycles. The molecule has 0 aromatic heterocycles. The van der Waals surface area contributed by atoms with Gasteiger partial charge in [0.25, 0.3) is 0 Å². The third-order valence-electron chi connectivity index (χ3n) is 3.24. The highest BCUT2D eigenvalue weighted by atomic mass is 32.2. The maximum atomic E-state index is 9.42. The highest BCUT2D eigenvalue weighted by molar-refractivity contribution is 7.99. The summed E-state index contributed by atoms with van der Waals surface area (Å²) in [5, 5.41) is 13.0. The molecule has 70 valence electrons. The second-order valence-corrected chi connectivity index (χ2v) is 5.08. The molecule has 0 aromatic rings. The molecule has 2 aliphatic heterocycles. The third-order valence-corrected chi connectivity index (χ3v) is 4.54. The topological polar surface area (TPSA) is 32.3 Å². The van der Waals surface area contributed by atoms with E-state index in [2.05, 4.69) is 5.32 Å². The molecule has 2 aliphatic rings. The van der Waals surface area contributed by atoms with Crippen LogP contribution in [0.2, 0.25) is 0 Å². The predicted molar refractivity (Wildman–Crippen MR) is 52.5 cm³/mol. The van der Waals surface area contributed by atoms with Crippen molar-refractivity contribution in [2.45, 2.75) is 25.3 Å². The molecule has 2 unspecified atom stereocenters. The average Bonchev–Trinajstić information content (AvgIpc) is 2.18. The van der Waals surface area contributed by atoms with Gasteiger partial charge in [-0.1, -0.05) is 0 Å². The van der Waals surface area contributed by atoms with Crippen LogP contribution in [0, 0.1) is 5.41 Å². The van der Waals surface area contributed by atoms with E-state index in [0.717, 1.165) is 12.3 Å². The molecule has 0 radical (unpaired) electrons. The minimum atomic E-state index is 0.223. The molecule has 2 rings (SSSR count). The van der Waals surface area contributed by atoms with Crippen LogP contribution < -0.4 is 5.32 Å². The average molecular weight is 187 g/mol. The summed E-state index contributed by atoms with van der Waals surface area (Å²) >= 11 is 2.00. The second kappa shape index (κ2) is 3.56. The van der Waals surface area contributed by atoms with Crippen LogP contribution in [0.15, 0.2) is 0 Å². The van der Waals surface area contributed by atoms with E-state index < -0.39 is 0 Å². The molecule has 2 nitrogen and oxygen atoms in total. The van der Waals surface area contributed by atoms with E-state index in [1.54, 1.807) is 0 Å². The van der Waals surface area contributed by atoms with Gasteiger partial charge < -0.3 is 10.4 Å². The number of fused-ring (bicyclic) bond motifs is 1. The summed E-state index contributed by atoms with van der Waals surface area (Å²) in [6.45, 7) is 1.52. The van der Waals surface area contributed by atoms with Gasteiger partial charge in [0.15, 0.2) is 0 Å². The third kappa shape index (κ3) is 1.38. The summed E-state index contributed by atoms with van der Waals surface area (Å²) in [6.07, 6.45) is 3.69. The second-order valence-electron chi connectivity index (χ2n) is 3.97. The van der Waals surface area contributed by atoms with Crippen molar-refractivity contribution < 1.29 is 5.11 Å². The van der Waals surface area contributed by atoms with E-state index >= 15 is 0 Å². The molecule has 2 N–H and O–H groups in total. The normalized spacial score (nSPS) is 42.2. The first-order chi connectivity index (χ1) is 5.87. The fourth-order valence-corrected chi connectivity index (χ4v) is 3.79. The number of piperidine rings is 1. The maximum absolute atomic E-state index is 9.42. The summed E-state index contributed by atoms with van der Waals surface area (Å²) in [4.78, 5) is 0. The molecule has 0 aromatic carbocycles. The first-order valence-corrected chi connectivity index (χ1v) is 5.95. The highest BCUT2D eigenvalue weighted by Gasteiger charge is 2.41. The van der Waals surface area contributed by atoms with Gasteiger partial charge in [-0.3, -0.25) is 0 Å². The van der Waals surface area contributed by atoms with Crippen molar-refractivity contribution in [3.8, 4) is 0 Å². The van der Waals surface area contributed by atoms with Crippen molar-refractivity contribution in [2.24, 2.45) is 5.41 Å².